The molecule has 0 saturated heterocycles. The summed E-state index contributed by atoms with van der Waals surface area (Å²) in [6.45, 7) is 4.74. The van der Waals surface area contributed by atoms with E-state index in [0.29, 0.717) is 29.5 Å². The molecule has 7 nitrogen and oxygen atoms in total. The quantitative estimate of drug-likeness (QED) is 0.381. The van der Waals surface area contributed by atoms with Crippen LogP contribution in [0.15, 0.2) is 83.8 Å². The zero-order valence-corrected chi connectivity index (χ0v) is 20.6. The Kier molecular flexibility index (Phi) is 8.75. The Morgan fingerprint density at radius 1 is 0.941 bits per heavy atom. The average molecular weight is 498 g/mol. The first-order valence-electron chi connectivity index (χ1n) is 10.7. The molecule has 34 heavy (non-hydrogen) atoms. The standard InChI is InChI=1S/C25H27N3O4S2/c1-18(2)17-32-23-11-7-6-10-22(23)24(29)28-25(33)27-20-12-14-21(15-13-20)34(30,31)26-16-19-8-4-3-5-9-19/h3-15,18,26H,16-17H2,1-2H3,(H2,27,28,29,33). The SMILES string of the molecule is CC(C)COc1ccccc1C(=O)NC(=S)Nc1ccc(S(=O)(=O)NCc2ccccc2)cc1. The molecule has 0 atom stereocenters. The summed E-state index contributed by atoms with van der Waals surface area (Å²) in [5.41, 5.74) is 1.77. The lowest BCUT2D eigenvalue weighted by atomic mass is 10.2. The number of nitrogens with one attached hydrogen (secondary N) is 3. The van der Waals surface area contributed by atoms with E-state index >= 15 is 0 Å². The molecule has 0 aliphatic rings. The van der Waals surface area contributed by atoms with Crippen molar-refractivity contribution in [1.82, 2.24) is 10.0 Å². The van der Waals surface area contributed by atoms with Gasteiger partial charge in [-0.3, -0.25) is 10.1 Å². The smallest absolute Gasteiger partial charge is 0.261 e. The van der Waals surface area contributed by atoms with Crippen LogP contribution in [0.2, 0.25) is 0 Å². The molecule has 0 heterocycles. The Hall–Kier alpha value is -3.27. The Labute approximate surface area is 205 Å². The minimum atomic E-state index is -3.67. The third-order valence-corrected chi connectivity index (χ3v) is 6.28. The highest BCUT2D eigenvalue weighted by Gasteiger charge is 2.16. The van der Waals surface area contributed by atoms with E-state index in [1.165, 1.54) is 12.1 Å². The van der Waals surface area contributed by atoms with Gasteiger partial charge in [-0.25, -0.2) is 13.1 Å². The number of thiocarbonyl (C=S) groups is 1. The Morgan fingerprint density at radius 2 is 1.59 bits per heavy atom. The highest BCUT2D eigenvalue weighted by Crippen LogP contribution is 2.19. The van der Waals surface area contributed by atoms with Gasteiger partial charge >= 0.3 is 0 Å². The van der Waals surface area contributed by atoms with Crippen molar-refractivity contribution in [3.8, 4) is 5.75 Å². The first kappa shape index (κ1) is 25.4. The Morgan fingerprint density at radius 3 is 2.26 bits per heavy atom. The molecule has 0 aliphatic heterocycles. The lowest BCUT2D eigenvalue weighted by molar-refractivity contribution is 0.0973. The first-order chi connectivity index (χ1) is 16.2. The van der Waals surface area contributed by atoms with Crippen molar-refractivity contribution < 1.29 is 17.9 Å². The summed E-state index contributed by atoms with van der Waals surface area (Å²) in [6.07, 6.45) is 0. The van der Waals surface area contributed by atoms with Crippen molar-refractivity contribution in [2.45, 2.75) is 25.3 Å². The molecule has 3 rings (SSSR count). The molecular formula is C25H27N3O4S2. The van der Waals surface area contributed by atoms with Gasteiger partial charge in [0.05, 0.1) is 17.1 Å². The zero-order valence-electron chi connectivity index (χ0n) is 18.9. The summed E-state index contributed by atoms with van der Waals surface area (Å²) in [6, 6.07) is 22.3. The fourth-order valence-corrected chi connectivity index (χ4v) is 4.17. The van der Waals surface area contributed by atoms with Crippen molar-refractivity contribution in [3.63, 3.8) is 0 Å². The number of amides is 1. The van der Waals surface area contributed by atoms with Gasteiger partial charge in [-0.1, -0.05) is 56.3 Å². The maximum Gasteiger partial charge on any atom is 0.261 e. The highest BCUT2D eigenvalue weighted by molar-refractivity contribution is 7.89. The molecule has 0 radical (unpaired) electrons. The molecule has 0 bridgehead atoms. The van der Waals surface area contributed by atoms with E-state index in [0.717, 1.165) is 5.56 Å². The summed E-state index contributed by atoms with van der Waals surface area (Å²) >= 11 is 5.25. The Balaban J connectivity index is 1.58. The van der Waals surface area contributed by atoms with Gasteiger partial charge in [0.2, 0.25) is 10.0 Å². The summed E-state index contributed by atoms with van der Waals surface area (Å²) in [4.78, 5) is 12.8. The zero-order chi connectivity index (χ0) is 24.6. The molecule has 3 aromatic rings. The second-order valence-electron chi connectivity index (χ2n) is 7.94. The molecule has 9 heteroatoms. The molecule has 3 N–H and O–H groups in total. The number of ether oxygens (including phenoxy) is 1. The van der Waals surface area contributed by atoms with Crippen LogP contribution in [0.5, 0.6) is 5.75 Å². The van der Waals surface area contributed by atoms with Crippen molar-refractivity contribution in [2.24, 2.45) is 5.92 Å². The van der Waals surface area contributed by atoms with Gasteiger partial charge in [0.1, 0.15) is 5.75 Å². The number of carbonyl (C=O) groups is 1. The van der Waals surface area contributed by atoms with Crippen molar-refractivity contribution in [1.29, 1.82) is 0 Å². The van der Waals surface area contributed by atoms with Crippen LogP contribution in [-0.2, 0) is 16.6 Å². The fraction of sp³-hybridized carbons (Fsp3) is 0.200. The van der Waals surface area contributed by atoms with E-state index in [1.807, 2.05) is 44.2 Å². The average Bonchev–Trinajstić information content (AvgIpc) is 2.82. The molecule has 3 aromatic carbocycles. The van der Waals surface area contributed by atoms with E-state index in [4.69, 9.17) is 17.0 Å². The number of rotatable bonds is 9. The van der Waals surface area contributed by atoms with E-state index in [-0.39, 0.29) is 16.6 Å². The molecule has 0 aromatic heterocycles. The minimum absolute atomic E-state index is 0.0847. The first-order valence-corrected chi connectivity index (χ1v) is 12.6. The topological polar surface area (TPSA) is 96.5 Å². The third-order valence-electron chi connectivity index (χ3n) is 4.66. The van der Waals surface area contributed by atoms with E-state index < -0.39 is 15.9 Å². The van der Waals surface area contributed by atoms with Crippen LogP contribution in [-0.4, -0.2) is 26.0 Å². The predicted octanol–water partition coefficient (Wildman–Crippen LogP) is 4.33. The fourth-order valence-electron chi connectivity index (χ4n) is 2.94. The third kappa shape index (κ3) is 7.38. The number of sulfonamides is 1. The van der Waals surface area contributed by atoms with Crippen LogP contribution in [0, 0.1) is 5.92 Å². The van der Waals surface area contributed by atoms with Crippen molar-refractivity contribution >= 4 is 38.9 Å². The summed E-state index contributed by atoms with van der Waals surface area (Å²) in [7, 11) is -3.67. The van der Waals surface area contributed by atoms with Gasteiger partial charge in [-0.05, 0) is 60.1 Å². The number of hydrogen-bond donors (Lipinski definition) is 3. The lowest BCUT2D eigenvalue weighted by Crippen LogP contribution is -2.34. The number of para-hydroxylation sites is 1. The molecule has 1 amide bonds. The number of anilines is 1. The van der Waals surface area contributed by atoms with Gasteiger partial charge in [0.15, 0.2) is 5.11 Å². The summed E-state index contributed by atoms with van der Waals surface area (Å²) in [5, 5.41) is 5.60. The van der Waals surface area contributed by atoms with Crippen molar-refractivity contribution in [2.75, 3.05) is 11.9 Å². The molecule has 0 spiro atoms. The van der Waals surface area contributed by atoms with Crippen molar-refractivity contribution in [3.05, 3.63) is 90.0 Å². The molecule has 178 valence electrons. The number of hydrogen-bond acceptors (Lipinski definition) is 5. The molecule has 0 saturated carbocycles. The van der Waals surface area contributed by atoms with Crippen LogP contribution < -0.4 is 20.1 Å². The summed E-state index contributed by atoms with van der Waals surface area (Å²) < 4.78 is 33.4. The molecular weight excluding hydrogens is 470 g/mol. The Bertz CT molecular complexity index is 1230. The van der Waals surface area contributed by atoms with Gasteiger partial charge < -0.3 is 10.1 Å². The lowest BCUT2D eigenvalue weighted by Gasteiger charge is -2.14. The second kappa shape index (κ2) is 11.7. The molecule has 0 fully saturated rings. The van der Waals surface area contributed by atoms with Crippen LogP contribution in [0.25, 0.3) is 0 Å². The van der Waals surface area contributed by atoms with Gasteiger partial charge in [-0.2, -0.15) is 0 Å². The largest absolute Gasteiger partial charge is 0.492 e. The van der Waals surface area contributed by atoms with Gasteiger partial charge in [-0.15, -0.1) is 0 Å². The monoisotopic (exact) mass is 497 g/mol. The van der Waals surface area contributed by atoms with E-state index in [1.54, 1.807) is 36.4 Å². The highest BCUT2D eigenvalue weighted by atomic mass is 32.2. The van der Waals surface area contributed by atoms with Gasteiger partial charge in [0.25, 0.3) is 5.91 Å². The van der Waals surface area contributed by atoms with Crippen LogP contribution >= 0.6 is 12.2 Å². The van der Waals surface area contributed by atoms with Crippen LogP contribution in [0.1, 0.15) is 29.8 Å². The normalized spacial score (nSPS) is 11.1. The van der Waals surface area contributed by atoms with Crippen LogP contribution in [0.3, 0.4) is 0 Å². The van der Waals surface area contributed by atoms with Crippen LogP contribution in [0.4, 0.5) is 5.69 Å². The molecule has 0 unspecified atom stereocenters. The number of carbonyl (C=O) groups excluding carboxylic acids is 1. The summed E-state index contributed by atoms with van der Waals surface area (Å²) in [5.74, 6) is 0.398. The maximum absolute atomic E-state index is 12.7. The molecule has 0 aliphatic carbocycles. The maximum atomic E-state index is 12.7. The second-order valence-corrected chi connectivity index (χ2v) is 10.1. The van der Waals surface area contributed by atoms with E-state index in [2.05, 4.69) is 15.4 Å². The minimum Gasteiger partial charge on any atom is -0.492 e. The predicted molar refractivity (Wildman–Crippen MR) is 137 cm³/mol. The van der Waals surface area contributed by atoms with E-state index in [9.17, 15) is 13.2 Å². The number of benzene rings is 3. The van der Waals surface area contributed by atoms with Gasteiger partial charge in [0, 0.05) is 12.2 Å².